The molecule has 0 saturated carbocycles. The van der Waals surface area contributed by atoms with Gasteiger partial charge in [-0.15, -0.1) is 0 Å². The molecule has 1 saturated heterocycles. The number of hydrogen-bond donors (Lipinski definition) is 2. The number of hydrogen-bond acceptors (Lipinski definition) is 4. The maximum atomic E-state index is 14.7. The van der Waals surface area contributed by atoms with Gasteiger partial charge in [0.15, 0.2) is 0 Å². The first-order chi connectivity index (χ1) is 12.7. The summed E-state index contributed by atoms with van der Waals surface area (Å²) in [6.45, 7) is 0.365. The van der Waals surface area contributed by atoms with E-state index in [1.807, 2.05) is 0 Å². The quantitative estimate of drug-likeness (QED) is 0.832. The second-order valence-electron chi connectivity index (χ2n) is 6.47. The topological polar surface area (TPSA) is 92.5 Å². The summed E-state index contributed by atoms with van der Waals surface area (Å²) in [5.74, 6) is -1.62. The van der Waals surface area contributed by atoms with Gasteiger partial charge < -0.3 is 10.6 Å². The minimum Gasteiger partial charge on any atom is -0.320 e. The first-order valence-electron chi connectivity index (χ1n) is 8.30. The summed E-state index contributed by atoms with van der Waals surface area (Å²) in [6, 6.07) is 6.89. The van der Waals surface area contributed by atoms with E-state index in [1.165, 1.54) is 23.1 Å². The van der Waals surface area contributed by atoms with Gasteiger partial charge in [0.2, 0.25) is 15.9 Å². The third-order valence-electron chi connectivity index (χ3n) is 4.31. The Balaban J connectivity index is 2.01. The second-order valence-corrected chi connectivity index (χ2v) is 8.22. The Bertz CT molecular complexity index is 995. The van der Waals surface area contributed by atoms with Crippen molar-refractivity contribution in [3.8, 4) is 11.1 Å². The molecule has 1 aliphatic rings. The van der Waals surface area contributed by atoms with Gasteiger partial charge in [0.05, 0.1) is 23.7 Å². The number of carbonyl (C=O) groups excluding carboxylic acids is 1. The molecule has 6 nitrogen and oxygen atoms in total. The smallest absolute Gasteiger partial charge is 0.243 e. The number of nitrogens with one attached hydrogen (secondary N) is 1. The molecule has 2 aromatic carbocycles. The van der Waals surface area contributed by atoms with Crippen molar-refractivity contribution in [1.29, 1.82) is 0 Å². The third kappa shape index (κ3) is 4.25. The first-order valence-corrected chi connectivity index (χ1v) is 10.2. The Kier molecular flexibility index (Phi) is 5.16. The second kappa shape index (κ2) is 7.24. The highest BCUT2D eigenvalue weighted by atomic mass is 32.2. The van der Waals surface area contributed by atoms with Crippen molar-refractivity contribution in [2.45, 2.75) is 18.9 Å². The summed E-state index contributed by atoms with van der Waals surface area (Å²) in [5, 5.41) is 0. The summed E-state index contributed by atoms with van der Waals surface area (Å²) in [6.07, 6.45) is 2.19. The fraction of sp³-hybridized carbons (Fsp3) is 0.278. The molecule has 27 heavy (non-hydrogen) atoms. The summed E-state index contributed by atoms with van der Waals surface area (Å²) in [7, 11) is -3.60. The Morgan fingerprint density at radius 1 is 1.19 bits per heavy atom. The van der Waals surface area contributed by atoms with Gasteiger partial charge in [0.1, 0.15) is 11.6 Å². The van der Waals surface area contributed by atoms with Crippen molar-refractivity contribution in [3.63, 3.8) is 0 Å². The lowest BCUT2D eigenvalue weighted by molar-refractivity contribution is -0.120. The van der Waals surface area contributed by atoms with E-state index in [9.17, 15) is 22.0 Å². The molecule has 2 aromatic rings. The van der Waals surface area contributed by atoms with E-state index in [-0.39, 0.29) is 28.4 Å². The number of carbonyl (C=O) groups is 1. The predicted octanol–water partition coefficient (Wildman–Crippen LogP) is 2.46. The number of amides is 1. The fourth-order valence-corrected chi connectivity index (χ4v) is 3.66. The van der Waals surface area contributed by atoms with Gasteiger partial charge in [-0.1, -0.05) is 6.07 Å². The van der Waals surface area contributed by atoms with Crippen LogP contribution in [-0.4, -0.2) is 33.2 Å². The molecule has 3 N–H and O–H groups in total. The first kappa shape index (κ1) is 19.2. The SMILES string of the molecule is CS(=O)(=O)Nc1ccc(F)cc1-c1ccc(N2CCCC(N)C2=O)c(F)c1. The molecule has 0 radical (unpaired) electrons. The molecule has 0 aliphatic carbocycles. The van der Waals surface area contributed by atoms with Crippen molar-refractivity contribution in [2.24, 2.45) is 5.73 Å². The lowest BCUT2D eigenvalue weighted by atomic mass is 10.0. The average molecular weight is 395 g/mol. The molecule has 1 amide bonds. The third-order valence-corrected chi connectivity index (χ3v) is 4.90. The Morgan fingerprint density at radius 2 is 1.93 bits per heavy atom. The molecule has 1 unspecified atom stereocenters. The molecule has 0 spiro atoms. The van der Waals surface area contributed by atoms with Crippen molar-refractivity contribution in [1.82, 2.24) is 0 Å². The fourth-order valence-electron chi connectivity index (χ4n) is 3.08. The highest BCUT2D eigenvalue weighted by molar-refractivity contribution is 7.92. The molecule has 0 bridgehead atoms. The summed E-state index contributed by atoms with van der Waals surface area (Å²) >= 11 is 0. The highest BCUT2D eigenvalue weighted by Crippen LogP contribution is 2.33. The van der Waals surface area contributed by atoms with Crippen molar-refractivity contribution in [2.75, 3.05) is 22.4 Å². The lowest BCUT2D eigenvalue weighted by Crippen LogP contribution is -2.48. The number of halogens is 2. The summed E-state index contributed by atoms with van der Waals surface area (Å²) in [4.78, 5) is 13.5. The molecule has 1 fully saturated rings. The van der Waals surface area contributed by atoms with Gasteiger partial charge in [0.25, 0.3) is 0 Å². The highest BCUT2D eigenvalue weighted by Gasteiger charge is 2.28. The van der Waals surface area contributed by atoms with Crippen LogP contribution in [0.3, 0.4) is 0 Å². The van der Waals surface area contributed by atoms with Crippen LogP contribution in [0.2, 0.25) is 0 Å². The monoisotopic (exact) mass is 395 g/mol. The van der Waals surface area contributed by atoms with Crippen LogP contribution in [0.25, 0.3) is 11.1 Å². The minimum absolute atomic E-state index is 0.0907. The van der Waals surface area contributed by atoms with E-state index in [0.29, 0.717) is 19.4 Å². The molecule has 0 aromatic heterocycles. The van der Waals surface area contributed by atoms with Crippen molar-refractivity contribution in [3.05, 3.63) is 48.0 Å². The number of sulfonamides is 1. The number of nitrogens with zero attached hydrogens (tertiary/aromatic N) is 1. The molecule has 1 atom stereocenters. The minimum atomic E-state index is -3.60. The number of rotatable bonds is 4. The van der Waals surface area contributed by atoms with Crippen LogP contribution >= 0.6 is 0 Å². The van der Waals surface area contributed by atoms with Gasteiger partial charge in [-0.2, -0.15) is 0 Å². The molecule has 1 aliphatic heterocycles. The zero-order valence-corrected chi connectivity index (χ0v) is 15.4. The van der Waals surface area contributed by atoms with Crippen LogP contribution < -0.4 is 15.4 Å². The Labute approximate surface area is 156 Å². The van der Waals surface area contributed by atoms with E-state index in [0.717, 1.165) is 24.5 Å². The van der Waals surface area contributed by atoms with Gasteiger partial charge in [-0.3, -0.25) is 9.52 Å². The molecule has 144 valence electrons. The van der Waals surface area contributed by atoms with E-state index >= 15 is 0 Å². The number of piperidine rings is 1. The number of benzene rings is 2. The standard InChI is InChI=1S/C18H19F2N3O3S/c1-27(25,26)22-16-6-5-12(19)10-13(16)11-4-7-17(14(20)9-11)23-8-2-3-15(21)18(23)24/h4-7,9-10,15,22H,2-3,8,21H2,1H3. The van der Waals surface area contributed by atoms with Crippen LogP contribution in [0.1, 0.15) is 12.8 Å². The van der Waals surface area contributed by atoms with E-state index < -0.39 is 27.7 Å². The maximum absolute atomic E-state index is 14.7. The van der Waals surface area contributed by atoms with Gasteiger partial charge in [-0.05, 0) is 48.7 Å². The zero-order chi connectivity index (χ0) is 19.8. The molecule has 1 heterocycles. The normalized spacial score (nSPS) is 17.9. The Hall–Kier alpha value is -2.52. The molecular weight excluding hydrogens is 376 g/mol. The van der Waals surface area contributed by atoms with Crippen LogP contribution in [0.4, 0.5) is 20.2 Å². The predicted molar refractivity (Wildman–Crippen MR) is 99.8 cm³/mol. The van der Waals surface area contributed by atoms with E-state index in [2.05, 4.69) is 4.72 Å². The van der Waals surface area contributed by atoms with Crippen LogP contribution in [0.5, 0.6) is 0 Å². The Morgan fingerprint density at radius 3 is 2.59 bits per heavy atom. The number of anilines is 2. The van der Waals surface area contributed by atoms with E-state index in [1.54, 1.807) is 0 Å². The van der Waals surface area contributed by atoms with Gasteiger partial charge in [-0.25, -0.2) is 17.2 Å². The average Bonchev–Trinajstić information content (AvgIpc) is 2.58. The largest absolute Gasteiger partial charge is 0.320 e. The molecular formula is C18H19F2N3O3S. The molecule has 9 heteroatoms. The summed E-state index contributed by atoms with van der Waals surface area (Å²) in [5.41, 5.74) is 6.43. The zero-order valence-electron chi connectivity index (χ0n) is 14.6. The maximum Gasteiger partial charge on any atom is 0.243 e. The van der Waals surface area contributed by atoms with Gasteiger partial charge >= 0.3 is 0 Å². The van der Waals surface area contributed by atoms with Crippen molar-refractivity contribution < 1.29 is 22.0 Å². The van der Waals surface area contributed by atoms with E-state index in [4.69, 9.17) is 5.73 Å². The van der Waals surface area contributed by atoms with Crippen LogP contribution in [0.15, 0.2) is 36.4 Å². The van der Waals surface area contributed by atoms with Crippen LogP contribution in [-0.2, 0) is 14.8 Å². The summed E-state index contributed by atoms with van der Waals surface area (Å²) < 4.78 is 53.8. The van der Waals surface area contributed by atoms with Gasteiger partial charge in [0, 0.05) is 12.1 Å². The lowest BCUT2D eigenvalue weighted by Gasteiger charge is -2.30. The van der Waals surface area contributed by atoms with Crippen molar-refractivity contribution >= 4 is 27.3 Å². The number of nitrogens with two attached hydrogens (primary N) is 1. The molecule has 3 rings (SSSR count). The van der Waals surface area contributed by atoms with Crippen LogP contribution in [0, 0.1) is 11.6 Å².